The van der Waals surface area contributed by atoms with E-state index in [1.54, 1.807) is 0 Å². The summed E-state index contributed by atoms with van der Waals surface area (Å²) in [5.41, 5.74) is 5.74. The molecule has 0 N–H and O–H groups in total. The van der Waals surface area contributed by atoms with Gasteiger partial charge >= 0.3 is 5.97 Å². The van der Waals surface area contributed by atoms with Gasteiger partial charge in [-0.1, -0.05) is 12.1 Å². The van der Waals surface area contributed by atoms with Crippen LogP contribution in [0.4, 0.5) is 0 Å². The smallest absolute Gasteiger partial charge is 0.374 e. The van der Waals surface area contributed by atoms with Crippen molar-refractivity contribution in [2.45, 2.75) is 44.9 Å². The molecule has 0 amide bonds. The van der Waals surface area contributed by atoms with Gasteiger partial charge in [0.15, 0.2) is 0 Å². The summed E-state index contributed by atoms with van der Waals surface area (Å²) >= 11 is 0. The molecule has 20 heavy (non-hydrogen) atoms. The van der Waals surface area contributed by atoms with Crippen molar-refractivity contribution in [1.82, 2.24) is 0 Å². The highest BCUT2D eigenvalue weighted by Crippen LogP contribution is 2.33. The van der Waals surface area contributed by atoms with Crippen LogP contribution in [-0.4, -0.2) is 18.9 Å². The fraction of sp³-hybridized carbons (Fsp3) is 0.529. The molecule has 106 valence electrons. The van der Waals surface area contributed by atoms with Crippen LogP contribution in [0.5, 0.6) is 0 Å². The van der Waals surface area contributed by atoms with Gasteiger partial charge in [0.1, 0.15) is 0 Å². The summed E-state index contributed by atoms with van der Waals surface area (Å²) in [4.78, 5) is 23.3. The first-order chi connectivity index (χ1) is 9.70. The Morgan fingerprint density at radius 3 is 2.55 bits per heavy atom. The Kier molecular flexibility index (Phi) is 3.60. The number of benzene rings is 1. The minimum absolute atomic E-state index is 0.198. The van der Waals surface area contributed by atoms with Crippen molar-refractivity contribution in [3.8, 4) is 0 Å². The van der Waals surface area contributed by atoms with Crippen LogP contribution in [0.15, 0.2) is 12.1 Å². The van der Waals surface area contributed by atoms with Gasteiger partial charge < -0.3 is 4.74 Å². The Morgan fingerprint density at radius 2 is 1.75 bits per heavy atom. The topological polar surface area (TPSA) is 43.4 Å². The van der Waals surface area contributed by atoms with E-state index in [0.29, 0.717) is 6.42 Å². The maximum atomic E-state index is 12.0. The summed E-state index contributed by atoms with van der Waals surface area (Å²) < 4.78 is 4.56. The Balaban J connectivity index is 1.86. The van der Waals surface area contributed by atoms with E-state index < -0.39 is 5.97 Å². The van der Waals surface area contributed by atoms with Crippen molar-refractivity contribution >= 4 is 11.8 Å². The molecule has 0 unspecified atom stereocenters. The molecule has 0 aliphatic heterocycles. The standard InChI is InChI=1S/C17H20O3/c1-20-17(19)16(18)13-8-9-15-12(10-13)7-6-11-4-2-3-5-14(11)15/h6-7,13H,2-5,8-10H2,1H3/t13-/m0/s1. The number of methoxy groups -OCH3 is 1. The van der Waals surface area contributed by atoms with Crippen molar-refractivity contribution in [2.24, 2.45) is 5.92 Å². The first kappa shape index (κ1) is 13.3. The second kappa shape index (κ2) is 5.39. The molecule has 1 aromatic carbocycles. The van der Waals surface area contributed by atoms with Gasteiger partial charge in [0.05, 0.1) is 7.11 Å². The number of rotatable bonds is 2. The molecular weight excluding hydrogens is 252 g/mol. The fourth-order valence-electron chi connectivity index (χ4n) is 3.63. The van der Waals surface area contributed by atoms with E-state index in [9.17, 15) is 9.59 Å². The Hall–Kier alpha value is -1.64. The highest BCUT2D eigenvalue weighted by Gasteiger charge is 2.31. The lowest BCUT2D eigenvalue weighted by atomic mass is 9.76. The molecule has 3 nitrogen and oxygen atoms in total. The summed E-state index contributed by atoms with van der Waals surface area (Å²) in [6.07, 6.45) is 7.31. The van der Waals surface area contributed by atoms with E-state index >= 15 is 0 Å². The Morgan fingerprint density at radius 1 is 1.05 bits per heavy atom. The van der Waals surface area contributed by atoms with Gasteiger partial charge in [-0.25, -0.2) is 4.79 Å². The number of ether oxygens (including phenoxy) is 1. The Bertz CT molecular complexity index is 560. The van der Waals surface area contributed by atoms with Crippen LogP contribution in [0.1, 0.15) is 41.5 Å². The lowest BCUT2D eigenvalue weighted by Crippen LogP contribution is -2.30. The molecule has 0 aromatic heterocycles. The van der Waals surface area contributed by atoms with Gasteiger partial charge in [0.25, 0.3) is 0 Å². The summed E-state index contributed by atoms with van der Waals surface area (Å²) in [5.74, 6) is -1.26. The molecule has 0 bridgehead atoms. The Labute approximate surface area is 119 Å². The van der Waals surface area contributed by atoms with Gasteiger partial charge in [-0.05, 0) is 67.2 Å². The minimum atomic E-state index is -0.698. The van der Waals surface area contributed by atoms with Crippen molar-refractivity contribution < 1.29 is 14.3 Å². The molecule has 0 fully saturated rings. The highest BCUT2D eigenvalue weighted by molar-refractivity contribution is 6.34. The molecule has 2 aliphatic carbocycles. The van der Waals surface area contributed by atoms with Crippen LogP contribution >= 0.6 is 0 Å². The molecule has 0 radical (unpaired) electrons. The molecule has 0 spiro atoms. The van der Waals surface area contributed by atoms with E-state index in [-0.39, 0.29) is 11.7 Å². The number of fused-ring (bicyclic) bond motifs is 3. The van der Waals surface area contributed by atoms with Crippen LogP contribution in [0.3, 0.4) is 0 Å². The monoisotopic (exact) mass is 272 g/mol. The molecule has 3 heteroatoms. The lowest BCUT2D eigenvalue weighted by Gasteiger charge is -2.28. The fourth-order valence-corrected chi connectivity index (χ4v) is 3.63. The first-order valence-electron chi connectivity index (χ1n) is 7.45. The number of Topliss-reactive ketones (excluding diaryl/α,β-unsaturated/α-hetero) is 1. The van der Waals surface area contributed by atoms with Gasteiger partial charge in [-0.15, -0.1) is 0 Å². The molecule has 1 aromatic rings. The predicted octanol–water partition coefficient (Wildman–Crippen LogP) is 2.41. The zero-order valence-electron chi connectivity index (χ0n) is 11.9. The second-order valence-electron chi connectivity index (χ2n) is 5.84. The van der Waals surface area contributed by atoms with E-state index in [2.05, 4.69) is 16.9 Å². The number of esters is 1. The van der Waals surface area contributed by atoms with Crippen molar-refractivity contribution in [2.75, 3.05) is 7.11 Å². The molecular formula is C17H20O3. The number of hydrogen-bond donors (Lipinski definition) is 0. The molecule has 0 saturated heterocycles. The average molecular weight is 272 g/mol. The number of hydrogen-bond acceptors (Lipinski definition) is 3. The minimum Gasteiger partial charge on any atom is -0.463 e. The van der Waals surface area contributed by atoms with Gasteiger partial charge in [-0.2, -0.15) is 0 Å². The zero-order valence-corrected chi connectivity index (χ0v) is 11.9. The summed E-state index contributed by atoms with van der Waals surface area (Å²) in [6.45, 7) is 0. The lowest BCUT2D eigenvalue weighted by molar-refractivity contribution is -0.153. The van der Waals surface area contributed by atoms with Crippen LogP contribution in [0, 0.1) is 5.92 Å². The van der Waals surface area contributed by atoms with Gasteiger partial charge in [0, 0.05) is 5.92 Å². The maximum absolute atomic E-state index is 12.0. The van der Waals surface area contributed by atoms with Crippen LogP contribution in [-0.2, 0) is 40.0 Å². The number of ketones is 1. The third-order valence-electron chi connectivity index (χ3n) is 4.71. The molecule has 1 atom stereocenters. The molecule has 3 rings (SSSR count). The quantitative estimate of drug-likeness (QED) is 0.613. The van der Waals surface area contributed by atoms with E-state index in [1.807, 2.05) is 0 Å². The second-order valence-corrected chi connectivity index (χ2v) is 5.84. The predicted molar refractivity (Wildman–Crippen MR) is 75.6 cm³/mol. The summed E-state index contributed by atoms with van der Waals surface area (Å²) in [5, 5.41) is 0. The van der Waals surface area contributed by atoms with Crippen molar-refractivity contribution in [3.05, 3.63) is 34.4 Å². The average Bonchev–Trinajstić information content (AvgIpc) is 2.52. The normalized spacial score (nSPS) is 20.8. The molecule has 0 heterocycles. The largest absolute Gasteiger partial charge is 0.463 e. The first-order valence-corrected chi connectivity index (χ1v) is 7.45. The van der Waals surface area contributed by atoms with Crippen LogP contribution in [0.2, 0.25) is 0 Å². The highest BCUT2D eigenvalue weighted by atomic mass is 16.5. The molecule has 2 aliphatic rings. The van der Waals surface area contributed by atoms with Crippen LogP contribution < -0.4 is 0 Å². The molecule has 0 saturated carbocycles. The van der Waals surface area contributed by atoms with E-state index in [0.717, 1.165) is 12.8 Å². The third kappa shape index (κ3) is 2.26. The van der Waals surface area contributed by atoms with Crippen molar-refractivity contribution in [3.63, 3.8) is 0 Å². The number of carbonyl (C=O) groups is 2. The number of carbonyl (C=O) groups excluding carboxylic acids is 2. The van der Waals surface area contributed by atoms with Crippen molar-refractivity contribution in [1.29, 1.82) is 0 Å². The zero-order chi connectivity index (χ0) is 14.1. The summed E-state index contributed by atoms with van der Waals surface area (Å²) in [7, 11) is 1.27. The third-order valence-corrected chi connectivity index (χ3v) is 4.71. The number of aryl methyl sites for hydroxylation is 1. The van der Waals surface area contributed by atoms with Gasteiger partial charge in [-0.3, -0.25) is 4.79 Å². The van der Waals surface area contributed by atoms with Crippen LogP contribution in [0.25, 0.3) is 0 Å². The van der Waals surface area contributed by atoms with E-state index in [4.69, 9.17) is 0 Å². The maximum Gasteiger partial charge on any atom is 0.374 e. The SMILES string of the molecule is COC(=O)C(=O)[C@H]1CCc2c(ccc3c2CCCC3)C1. The van der Waals surface area contributed by atoms with E-state index in [1.165, 1.54) is 55.0 Å². The summed E-state index contributed by atoms with van der Waals surface area (Å²) in [6, 6.07) is 4.38. The van der Waals surface area contributed by atoms with Gasteiger partial charge in [0.2, 0.25) is 5.78 Å².